The molecule has 1 saturated heterocycles. The monoisotopic (exact) mass is 399 g/mol. The molecule has 28 heavy (non-hydrogen) atoms. The number of thiocarbonyl (C=S) groups is 1. The molecule has 7 heteroatoms. The minimum atomic E-state index is 0.293. The van der Waals surface area contributed by atoms with Gasteiger partial charge in [-0.05, 0) is 49.0 Å². The minimum Gasteiger partial charge on any atom is -0.492 e. The quantitative estimate of drug-likeness (QED) is 0.776. The zero-order valence-corrected chi connectivity index (χ0v) is 16.8. The maximum atomic E-state index is 5.77. The first kappa shape index (κ1) is 18.7. The first-order valence-corrected chi connectivity index (χ1v) is 10.0. The van der Waals surface area contributed by atoms with Crippen LogP contribution in [0.15, 0.2) is 42.5 Å². The van der Waals surface area contributed by atoms with Gasteiger partial charge in [0.05, 0.1) is 12.3 Å². The molecule has 6 nitrogen and oxygen atoms in total. The summed E-state index contributed by atoms with van der Waals surface area (Å²) in [5.74, 6) is 2.54. The number of anilines is 1. The van der Waals surface area contributed by atoms with Gasteiger partial charge in [0, 0.05) is 32.7 Å². The van der Waals surface area contributed by atoms with Gasteiger partial charge in [-0.3, -0.25) is 0 Å². The van der Waals surface area contributed by atoms with Gasteiger partial charge in [0.2, 0.25) is 6.79 Å². The Kier molecular flexibility index (Phi) is 5.71. The van der Waals surface area contributed by atoms with Crippen molar-refractivity contribution in [2.24, 2.45) is 0 Å². The zero-order valence-electron chi connectivity index (χ0n) is 16.0. The Morgan fingerprint density at radius 1 is 1.07 bits per heavy atom. The van der Waals surface area contributed by atoms with Crippen LogP contribution in [0.4, 0.5) is 5.69 Å². The molecule has 1 fully saturated rings. The lowest BCUT2D eigenvalue weighted by Gasteiger charge is -2.38. The fraction of sp³-hybridized carbons (Fsp3) is 0.381. The summed E-state index contributed by atoms with van der Waals surface area (Å²) in [6.45, 7) is 7.24. The van der Waals surface area contributed by atoms with E-state index in [4.69, 9.17) is 26.4 Å². The van der Waals surface area contributed by atoms with E-state index in [1.807, 2.05) is 37.3 Å². The van der Waals surface area contributed by atoms with Crippen LogP contribution in [-0.4, -0.2) is 49.6 Å². The average Bonchev–Trinajstić information content (AvgIpc) is 3.21. The average molecular weight is 400 g/mol. The number of fused-ring (bicyclic) bond motifs is 1. The fourth-order valence-corrected chi connectivity index (χ4v) is 3.74. The first-order valence-electron chi connectivity index (χ1n) is 9.62. The van der Waals surface area contributed by atoms with Crippen molar-refractivity contribution in [3.63, 3.8) is 0 Å². The van der Waals surface area contributed by atoms with E-state index in [2.05, 4.69) is 27.2 Å². The summed E-state index contributed by atoms with van der Waals surface area (Å²) in [6, 6.07) is 14.2. The Bertz CT molecular complexity index is 837. The summed E-state index contributed by atoms with van der Waals surface area (Å²) in [5, 5.41) is 4.15. The van der Waals surface area contributed by atoms with Gasteiger partial charge < -0.3 is 29.3 Å². The van der Waals surface area contributed by atoms with Crippen LogP contribution in [0.25, 0.3) is 0 Å². The number of para-hydroxylation sites is 2. The highest BCUT2D eigenvalue weighted by Crippen LogP contribution is 2.32. The van der Waals surface area contributed by atoms with E-state index in [9.17, 15) is 0 Å². The number of benzene rings is 2. The van der Waals surface area contributed by atoms with Gasteiger partial charge in [-0.1, -0.05) is 18.2 Å². The van der Waals surface area contributed by atoms with Gasteiger partial charge in [0.15, 0.2) is 16.6 Å². The van der Waals surface area contributed by atoms with Crippen molar-refractivity contribution >= 4 is 23.0 Å². The van der Waals surface area contributed by atoms with Crippen LogP contribution in [0.3, 0.4) is 0 Å². The summed E-state index contributed by atoms with van der Waals surface area (Å²) in [4.78, 5) is 4.59. The third-order valence-corrected chi connectivity index (χ3v) is 5.36. The third-order valence-electron chi connectivity index (χ3n) is 4.95. The number of ether oxygens (including phenoxy) is 3. The number of nitrogens with zero attached hydrogens (tertiary/aromatic N) is 2. The molecular formula is C21H25N3O3S. The number of piperazine rings is 1. The second-order valence-electron chi connectivity index (χ2n) is 6.72. The standard InChI is InChI=1S/C21H25N3O3S/c1-2-25-18-6-4-3-5-17(18)23-9-11-24(12-10-23)21(28)22-14-16-7-8-19-20(13-16)27-15-26-19/h3-8,13H,2,9-12,14-15H2,1H3,(H,22,28). The summed E-state index contributed by atoms with van der Waals surface area (Å²) < 4.78 is 16.6. The predicted molar refractivity (Wildman–Crippen MR) is 113 cm³/mol. The minimum absolute atomic E-state index is 0.293. The van der Waals surface area contributed by atoms with Crippen LogP contribution in [0, 0.1) is 0 Å². The van der Waals surface area contributed by atoms with E-state index in [-0.39, 0.29) is 0 Å². The molecule has 0 atom stereocenters. The molecule has 2 aliphatic heterocycles. The maximum Gasteiger partial charge on any atom is 0.231 e. The molecule has 0 bridgehead atoms. The highest BCUT2D eigenvalue weighted by atomic mass is 32.1. The van der Waals surface area contributed by atoms with Crippen molar-refractivity contribution in [1.82, 2.24) is 10.2 Å². The normalized spacial score (nSPS) is 15.5. The van der Waals surface area contributed by atoms with E-state index in [1.165, 1.54) is 0 Å². The van der Waals surface area contributed by atoms with Gasteiger partial charge in [0.25, 0.3) is 0 Å². The predicted octanol–water partition coefficient (Wildman–Crippen LogP) is 3.01. The van der Waals surface area contributed by atoms with E-state index in [0.717, 1.165) is 59.8 Å². The summed E-state index contributed by atoms with van der Waals surface area (Å²) in [5.41, 5.74) is 2.28. The Balaban J connectivity index is 1.29. The smallest absolute Gasteiger partial charge is 0.231 e. The molecule has 0 amide bonds. The number of rotatable bonds is 5. The summed E-state index contributed by atoms with van der Waals surface area (Å²) >= 11 is 5.61. The SMILES string of the molecule is CCOc1ccccc1N1CCN(C(=S)NCc2ccc3c(c2)OCO3)CC1. The second-order valence-corrected chi connectivity index (χ2v) is 7.11. The molecule has 0 spiro atoms. The number of hydrogen-bond acceptors (Lipinski definition) is 5. The molecule has 2 heterocycles. The molecule has 1 N–H and O–H groups in total. The van der Waals surface area contributed by atoms with Crippen LogP contribution < -0.4 is 24.4 Å². The third kappa shape index (κ3) is 4.09. The highest BCUT2D eigenvalue weighted by Gasteiger charge is 2.21. The molecule has 148 valence electrons. The largest absolute Gasteiger partial charge is 0.492 e. The summed E-state index contributed by atoms with van der Waals surface area (Å²) in [6.07, 6.45) is 0. The van der Waals surface area contributed by atoms with Crippen LogP contribution in [0.1, 0.15) is 12.5 Å². The lowest BCUT2D eigenvalue weighted by atomic mass is 10.2. The molecule has 0 radical (unpaired) electrons. The van der Waals surface area contributed by atoms with Crippen molar-refractivity contribution in [2.75, 3.05) is 44.5 Å². The van der Waals surface area contributed by atoms with Crippen LogP contribution in [0.5, 0.6) is 17.2 Å². The molecule has 0 saturated carbocycles. The molecule has 2 aliphatic rings. The van der Waals surface area contributed by atoms with Crippen molar-refractivity contribution in [1.29, 1.82) is 0 Å². The van der Waals surface area contributed by atoms with Crippen LogP contribution in [-0.2, 0) is 6.54 Å². The van der Waals surface area contributed by atoms with Crippen LogP contribution in [0.2, 0.25) is 0 Å². The van der Waals surface area contributed by atoms with Gasteiger partial charge in [0.1, 0.15) is 5.75 Å². The molecule has 2 aromatic rings. The molecule has 2 aromatic carbocycles. The summed E-state index contributed by atoms with van der Waals surface area (Å²) in [7, 11) is 0. The van der Waals surface area contributed by atoms with Crippen molar-refractivity contribution in [3.8, 4) is 17.2 Å². The second kappa shape index (κ2) is 8.56. The van der Waals surface area contributed by atoms with E-state index < -0.39 is 0 Å². The van der Waals surface area contributed by atoms with Gasteiger partial charge in [-0.25, -0.2) is 0 Å². The number of hydrogen-bond donors (Lipinski definition) is 1. The Hall–Kier alpha value is -2.67. The van der Waals surface area contributed by atoms with Crippen LogP contribution >= 0.6 is 12.2 Å². The van der Waals surface area contributed by atoms with Crippen molar-refractivity contribution in [3.05, 3.63) is 48.0 Å². The zero-order chi connectivity index (χ0) is 19.3. The molecule has 0 aliphatic carbocycles. The topological polar surface area (TPSA) is 46.2 Å². The molecule has 0 aromatic heterocycles. The van der Waals surface area contributed by atoms with E-state index in [0.29, 0.717) is 19.9 Å². The van der Waals surface area contributed by atoms with Gasteiger partial charge >= 0.3 is 0 Å². The van der Waals surface area contributed by atoms with Gasteiger partial charge in [-0.2, -0.15) is 0 Å². The Labute approximate surface area is 171 Å². The Morgan fingerprint density at radius 2 is 1.86 bits per heavy atom. The maximum absolute atomic E-state index is 5.77. The molecular weight excluding hydrogens is 374 g/mol. The Morgan fingerprint density at radius 3 is 2.68 bits per heavy atom. The van der Waals surface area contributed by atoms with E-state index >= 15 is 0 Å². The lowest BCUT2D eigenvalue weighted by molar-refractivity contribution is 0.174. The molecule has 0 unspecified atom stereocenters. The first-order chi connectivity index (χ1) is 13.7. The highest BCUT2D eigenvalue weighted by molar-refractivity contribution is 7.80. The lowest BCUT2D eigenvalue weighted by Crippen LogP contribution is -2.51. The van der Waals surface area contributed by atoms with Crippen molar-refractivity contribution in [2.45, 2.75) is 13.5 Å². The van der Waals surface area contributed by atoms with Gasteiger partial charge in [-0.15, -0.1) is 0 Å². The fourth-order valence-electron chi connectivity index (χ4n) is 3.49. The van der Waals surface area contributed by atoms with E-state index in [1.54, 1.807) is 0 Å². The van der Waals surface area contributed by atoms with Crippen molar-refractivity contribution < 1.29 is 14.2 Å². The number of nitrogens with one attached hydrogen (secondary N) is 1. The molecule has 4 rings (SSSR count).